The average molecular weight is 352 g/mol. The van der Waals surface area contributed by atoms with Gasteiger partial charge in [0.05, 0.1) is 15.9 Å². The third-order valence-corrected chi connectivity index (χ3v) is 5.69. The molecular weight excluding hydrogens is 334 g/mol. The SMILES string of the molecule is CNC(c1ccc(OC2CC2)cc1)c1cc(C)c(Br)s1. The van der Waals surface area contributed by atoms with Crippen molar-refractivity contribution in [1.29, 1.82) is 0 Å². The van der Waals surface area contributed by atoms with Crippen LogP contribution in [0.2, 0.25) is 0 Å². The minimum absolute atomic E-state index is 0.236. The second-order valence-electron chi connectivity index (χ2n) is 5.21. The predicted molar refractivity (Wildman–Crippen MR) is 87.8 cm³/mol. The zero-order valence-electron chi connectivity index (χ0n) is 11.7. The van der Waals surface area contributed by atoms with Crippen LogP contribution < -0.4 is 10.1 Å². The van der Waals surface area contributed by atoms with Gasteiger partial charge in [-0.15, -0.1) is 11.3 Å². The van der Waals surface area contributed by atoms with Crippen molar-refractivity contribution in [2.45, 2.75) is 31.9 Å². The van der Waals surface area contributed by atoms with E-state index in [2.05, 4.69) is 58.5 Å². The van der Waals surface area contributed by atoms with Gasteiger partial charge < -0.3 is 10.1 Å². The first-order chi connectivity index (χ1) is 9.67. The summed E-state index contributed by atoms with van der Waals surface area (Å²) in [7, 11) is 2.00. The Morgan fingerprint density at radius 2 is 2.00 bits per heavy atom. The van der Waals surface area contributed by atoms with Gasteiger partial charge in [0, 0.05) is 4.88 Å². The number of benzene rings is 1. The number of halogens is 1. The summed E-state index contributed by atoms with van der Waals surface area (Å²) in [5.41, 5.74) is 2.56. The standard InChI is InChI=1S/C16H18BrNOS/c1-10-9-14(20-16(10)17)15(18-2)11-3-5-12(6-4-11)19-13-7-8-13/h3-6,9,13,15,18H,7-8H2,1-2H3. The quantitative estimate of drug-likeness (QED) is 0.844. The van der Waals surface area contributed by atoms with Crippen molar-refractivity contribution in [1.82, 2.24) is 5.32 Å². The maximum Gasteiger partial charge on any atom is 0.119 e. The van der Waals surface area contributed by atoms with Gasteiger partial charge in [-0.25, -0.2) is 0 Å². The summed E-state index contributed by atoms with van der Waals surface area (Å²) in [5, 5.41) is 3.40. The molecule has 1 saturated carbocycles. The lowest BCUT2D eigenvalue weighted by Gasteiger charge is -2.15. The first kappa shape index (κ1) is 14.1. The molecule has 1 aromatic carbocycles. The number of hydrogen-bond donors (Lipinski definition) is 1. The van der Waals surface area contributed by atoms with E-state index in [9.17, 15) is 0 Å². The van der Waals surface area contributed by atoms with Crippen molar-refractivity contribution in [3.05, 3.63) is 50.1 Å². The molecule has 1 unspecified atom stereocenters. The summed E-state index contributed by atoms with van der Waals surface area (Å²) in [6.07, 6.45) is 2.85. The van der Waals surface area contributed by atoms with E-state index in [-0.39, 0.29) is 6.04 Å². The summed E-state index contributed by atoms with van der Waals surface area (Å²) in [5.74, 6) is 0.981. The Hall–Kier alpha value is -0.840. The molecule has 4 heteroatoms. The molecule has 2 aromatic rings. The average Bonchev–Trinajstić information content (AvgIpc) is 3.19. The second-order valence-corrected chi connectivity index (χ2v) is 7.62. The molecule has 0 saturated heterocycles. The molecule has 1 fully saturated rings. The zero-order valence-corrected chi connectivity index (χ0v) is 14.1. The lowest BCUT2D eigenvalue weighted by atomic mass is 10.1. The van der Waals surface area contributed by atoms with Crippen LogP contribution in [0.1, 0.15) is 34.9 Å². The number of ether oxygens (including phenoxy) is 1. The molecule has 0 aliphatic heterocycles. The first-order valence-corrected chi connectivity index (χ1v) is 8.48. The Balaban J connectivity index is 1.80. The van der Waals surface area contributed by atoms with Crippen LogP contribution in [0.4, 0.5) is 0 Å². The molecule has 0 spiro atoms. The number of thiophene rings is 1. The van der Waals surface area contributed by atoms with Gasteiger partial charge in [-0.1, -0.05) is 12.1 Å². The number of hydrogen-bond acceptors (Lipinski definition) is 3. The highest BCUT2D eigenvalue weighted by molar-refractivity contribution is 9.11. The smallest absolute Gasteiger partial charge is 0.119 e. The largest absolute Gasteiger partial charge is 0.490 e. The van der Waals surface area contributed by atoms with Crippen molar-refractivity contribution in [3.63, 3.8) is 0 Å². The van der Waals surface area contributed by atoms with Crippen LogP contribution in [-0.2, 0) is 0 Å². The van der Waals surface area contributed by atoms with Gasteiger partial charge in [0.15, 0.2) is 0 Å². The van der Waals surface area contributed by atoms with Gasteiger partial charge in [-0.2, -0.15) is 0 Å². The second kappa shape index (κ2) is 5.88. The lowest BCUT2D eigenvalue weighted by Crippen LogP contribution is -2.16. The molecule has 1 aliphatic rings. The van der Waals surface area contributed by atoms with Crippen molar-refractivity contribution in [3.8, 4) is 5.75 Å². The molecule has 1 aromatic heterocycles. The molecule has 20 heavy (non-hydrogen) atoms. The fourth-order valence-electron chi connectivity index (χ4n) is 2.22. The molecule has 1 atom stereocenters. The van der Waals surface area contributed by atoms with E-state index in [1.54, 1.807) is 11.3 Å². The van der Waals surface area contributed by atoms with Crippen LogP contribution in [0, 0.1) is 6.92 Å². The number of nitrogens with one attached hydrogen (secondary N) is 1. The summed E-state index contributed by atoms with van der Waals surface area (Å²) >= 11 is 5.39. The van der Waals surface area contributed by atoms with E-state index < -0.39 is 0 Å². The third kappa shape index (κ3) is 3.08. The van der Waals surface area contributed by atoms with E-state index in [4.69, 9.17) is 4.74 Å². The van der Waals surface area contributed by atoms with E-state index >= 15 is 0 Å². The molecule has 1 aliphatic carbocycles. The number of aryl methyl sites for hydroxylation is 1. The van der Waals surface area contributed by atoms with E-state index in [1.807, 2.05) is 7.05 Å². The maximum absolute atomic E-state index is 5.80. The highest BCUT2D eigenvalue weighted by Gasteiger charge is 2.23. The van der Waals surface area contributed by atoms with Crippen LogP contribution in [0.5, 0.6) is 5.75 Å². The normalized spacial score (nSPS) is 16.1. The summed E-state index contributed by atoms with van der Waals surface area (Å²) in [4.78, 5) is 1.33. The van der Waals surface area contributed by atoms with Gasteiger partial charge >= 0.3 is 0 Å². The lowest BCUT2D eigenvalue weighted by molar-refractivity contribution is 0.303. The topological polar surface area (TPSA) is 21.3 Å². The van der Waals surface area contributed by atoms with Crippen molar-refractivity contribution in [2.24, 2.45) is 0 Å². The van der Waals surface area contributed by atoms with Crippen LogP contribution in [0.25, 0.3) is 0 Å². The van der Waals surface area contributed by atoms with E-state index in [1.165, 1.54) is 32.6 Å². The van der Waals surface area contributed by atoms with Gasteiger partial charge in [0.25, 0.3) is 0 Å². The summed E-state index contributed by atoms with van der Waals surface area (Å²) in [6, 6.07) is 10.9. The van der Waals surface area contributed by atoms with E-state index in [0.717, 1.165) is 5.75 Å². The molecule has 106 valence electrons. The molecule has 0 bridgehead atoms. The number of rotatable bonds is 5. The van der Waals surface area contributed by atoms with Crippen molar-refractivity contribution >= 4 is 27.3 Å². The molecule has 2 nitrogen and oxygen atoms in total. The monoisotopic (exact) mass is 351 g/mol. The van der Waals surface area contributed by atoms with Crippen molar-refractivity contribution < 1.29 is 4.74 Å². The molecule has 0 radical (unpaired) electrons. The van der Waals surface area contributed by atoms with Gasteiger partial charge in [-0.3, -0.25) is 0 Å². The van der Waals surface area contributed by atoms with Crippen LogP contribution in [-0.4, -0.2) is 13.2 Å². The summed E-state index contributed by atoms with van der Waals surface area (Å²) in [6.45, 7) is 2.13. The molecular formula is C16H18BrNOS. The Morgan fingerprint density at radius 1 is 1.30 bits per heavy atom. The predicted octanol–water partition coefficient (Wildman–Crippen LogP) is 4.67. The van der Waals surface area contributed by atoms with Gasteiger partial charge in [0.2, 0.25) is 0 Å². The van der Waals surface area contributed by atoms with Gasteiger partial charge in [0.1, 0.15) is 5.75 Å². The highest BCUT2D eigenvalue weighted by Crippen LogP contribution is 2.35. The highest BCUT2D eigenvalue weighted by atomic mass is 79.9. The minimum Gasteiger partial charge on any atom is -0.490 e. The van der Waals surface area contributed by atoms with Crippen molar-refractivity contribution in [2.75, 3.05) is 7.05 Å². The summed E-state index contributed by atoms with van der Waals surface area (Å²) < 4.78 is 7.01. The molecule has 0 amide bonds. The van der Waals surface area contributed by atoms with E-state index in [0.29, 0.717) is 6.10 Å². The van der Waals surface area contributed by atoms with Gasteiger partial charge in [-0.05, 0) is 72.1 Å². The molecule has 3 rings (SSSR count). The first-order valence-electron chi connectivity index (χ1n) is 6.87. The Kier molecular flexibility index (Phi) is 4.15. The fourth-order valence-corrected chi connectivity index (χ4v) is 3.93. The molecule has 1 N–H and O–H groups in total. The zero-order chi connectivity index (χ0) is 14.1. The maximum atomic E-state index is 5.80. The van der Waals surface area contributed by atoms with Crippen LogP contribution in [0.3, 0.4) is 0 Å². The Morgan fingerprint density at radius 3 is 2.50 bits per heavy atom. The molecule has 1 heterocycles. The van der Waals surface area contributed by atoms with Crippen LogP contribution >= 0.6 is 27.3 Å². The van der Waals surface area contributed by atoms with Crippen LogP contribution in [0.15, 0.2) is 34.1 Å². The Labute approximate surface area is 132 Å². The Bertz CT molecular complexity index is 570. The minimum atomic E-state index is 0.236. The third-order valence-electron chi connectivity index (χ3n) is 3.49. The fraction of sp³-hybridized carbons (Fsp3) is 0.375.